The first kappa shape index (κ1) is 15.6. The van der Waals surface area contributed by atoms with Gasteiger partial charge in [-0.15, -0.1) is 0 Å². The highest BCUT2D eigenvalue weighted by molar-refractivity contribution is 5.99. The van der Waals surface area contributed by atoms with Crippen LogP contribution in [0.4, 0.5) is 5.69 Å². The van der Waals surface area contributed by atoms with Crippen molar-refractivity contribution in [1.82, 2.24) is 0 Å². The Bertz CT molecular complexity index is 777. The Morgan fingerprint density at radius 2 is 1.87 bits per heavy atom. The highest BCUT2D eigenvalue weighted by atomic mass is 16.3. The number of benzene rings is 2. The van der Waals surface area contributed by atoms with Crippen LogP contribution in [0.1, 0.15) is 38.3 Å². The second-order valence-electron chi connectivity index (χ2n) is 6.90. The second-order valence-corrected chi connectivity index (χ2v) is 6.90. The number of fused-ring (bicyclic) bond motifs is 1. The predicted octanol–water partition coefficient (Wildman–Crippen LogP) is 4.40. The zero-order valence-electron chi connectivity index (χ0n) is 14.2. The molecule has 0 fully saturated rings. The Balaban J connectivity index is 2.26. The number of anilines is 1. The van der Waals surface area contributed by atoms with E-state index in [-0.39, 0.29) is 17.1 Å². The third-order valence-electron chi connectivity index (χ3n) is 4.77. The summed E-state index contributed by atoms with van der Waals surface area (Å²) in [5.74, 6) is 0.428. The van der Waals surface area contributed by atoms with Gasteiger partial charge in [-0.2, -0.15) is 0 Å². The highest BCUT2D eigenvalue weighted by Crippen LogP contribution is 2.44. The number of amides is 1. The van der Waals surface area contributed by atoms with E-state index in [0.717, 1.165) is 22.4 Å². The number of phenolic OH excluding ortho intramolecular Hbond substituents is 1. The Morgan fingerprint density at radius 3 is 2.52 bits per heavy atom. The van der Waals surface area contributed by atoms with Gasteiger partial charge < -0.3 is 10.0 Å². The minimum absolute atomic E-state index is 0.164. The average Bonchev–Trinajstić information content (AvgIpc) is 2.48. The van der Waals surface area contributed by atoms with E-state index in [4.69, 9.17) is 0 Å². The molecule has 0 spiro atoms. The number of hydrogen-bond acceptors (Lipinski definition) is 2. The molecule has 0 aromatic heterocycles. The highest BCUT2D eigenvalue weighted by Gasteiger charge is 2.36. The molecule has 2 aromatic rings. The molecule has 3 rings (SSSR count). The van der Waals surface area contributed by atoms with Crippen molar-refractivity contribution in [2.24, 2.45) is 0 Å². The Labute approximate surface area is 137 Å². The Morgan fingerprint density at radius 1 is 1.17 bits per heavy atom. The van der Waals surface area contributed by atoms with Crippen molar-refractivity contribution in [3.05, 3.63) is 47.5 Å². The van der Waals surface area contributed by atoms with Gasteiger partial charge in [0.05, 0.1) is 0 Å². The number of carbonyl (C=O) groups is 1. The van der Waals surface area contributed by atoms with Crippen LogP contribution in [-0.2, 0) is 10.2 Å². The molecule has 0 radical (unpaired) electrons. The summed E-state index contributed by atoms with van der Waals surface area (Å²) in [6.45, 7) is 8.96. The lowest BCUT2D eigenvalue weighted by atomic mass is 9.75. The lowest BCUT2D eigenvalue weighted by Crippen LogP contribution is -2.41. The van der Waals surface area contributed by atoms with Crippen LogP contribution in [0.5, 0.6) is 5.75 Å². The molecule has 1 N–H and O–H groups in total. The molecular weight excluding hydrogens is 286 g/mol. The fraction of sp³-hybridized carbons (Fsp3) is 0.350. The van der Waals surface area contributed by atoms with Gasteiger partial charge in [0.15, 0.2) is 0 Å². The predicted molar refractivity (Wildman–Crippen MR) is 93.9 cm³/mol. The van der Waals surface area contributed by atoms with Crippen molar-refractivity contribution in [2.45, 2.75) is 39.5 Å². The number of rotatable bonds is 2. The van der Waals surface area contributed by atoms with Gasteiger partial charge in [0, 0.05) is 29.6 Å². The minimum Gasteiger partial charge on any atom is -0.507 e. The second kappa shape index (κ2) is 5.41. The first-order valence-corrected chi connectivity index (χ1v) is 8.09. The van der Waals surface area contributed by atoms with E-state index < -0.39 is 0 Å². The molecular formula is C20H23NO2. The maximum Gasteiger partial charge on any atom is 0.227 e. The van der Waals surface area contributed by atoms with Gasteiger partial charge in [-0.05, 0) is 42.7 Å². The SMILES string of the molecule is CCN1C(=O)CC(C)(C)c2cc(C)c(-c3ccccc3O)cc21. The van der Waals surface area contributed by atoms with Gasteiger partial charge in [0.1, 0.15) is 5.75 Å². The summed E-state index contributed by atoms with van der Waals surface area (Å²) in [7, 11) is 0. The van der Waals surface area contributed by atoms with Crippen LogP contribution in [0, 0.1) is 6.92 Å². The third-order valence-corrected chi connectivity index (χ3v) is 4.77. The number of phenols is 1. The molecule has 120 valence electrons. The third kappa shape index (κ3) is 2.50. The summed E-state index contributed by atoms with van der Waals surface area (Å²) in [6.07, 6.45) is 0.531. The van der Waals surface area contributed by atoms with Crippen LogP contribution < -0.4 is 4.90 Å². The van der Waals surface area contributed by atoms with Crippen molar-refractivity contribution >= 4 is 11.6 Å². The van der Waals surface area contributed by atoms with Crippen molar-refractivity contribution in [3.63, 3.8) is 0 Å². The summed E-state index contributed by atoms with van der Waals surface area (Å²) in [6, 6.07) is 11.6. The molecule has 1 heterocycles. The number of aromatic hydroxyl groups is 1. The van der Waals surface area contributed by atoms with Crippen molar-refractivity contribution < 1.29 is 9.90 Å². The first-order chi connectivity index (χ1) is 10.8. The molecule has 1 aliphatic rings. The normalized spacial score (nSPS) is 16.3. The van der Waals surface area contributed by atoms with Gasteiger partial charge in [0.2, 0.25) is 5.91 Å². The van der Waals surface area contributed by atoms with Gasteiger partial charge >= 0.3 is 0 Å². The summed E-state index contributed by atoms with van der Waals surface area (Å²) >= 11 is 0. The van der Waals surface area contributed by atoms with E-state index >= 15 is 0 Å². The van der Waals surface area contributed by atoms with Crippen LogP contribution >= 0.6 is 0 Å². The fourth-order valence-electron chi connectivity index (χ4n) is 3.50. The Hall–Kier alpha value is -2.29. The number of carbonyl (C=O) groups excluding carboxylic acids is 1. The van der Waals surface area contributed by atoms with Crippen molar-refractivity contribution in [2.75, 3.05) is 11.4 Å². The zero-order valence-corrected chi connectivity index (χ0v) is 14.2. The lowest BCUT2D eigenvalue weighted by Gasteiger charge is -2.39. The smallest absolute Gasteiger partial charge is 0.227 e. The number of hydrogen-bond donors (Lipinski definition) is 1. The molecule has 2 aromatic carbocycles. The average molecular weight is 309 g/mol. The molecule has 23 heavy (non-hydrogen) atoms. The molecule has 0 bridgehead atoms. The summed E-state index contributed by atoms with van der Waals surface area (Å²) in [4.78, 5) is 14.3. The summed E-state index contributed by atoms with van der Waals surface area (Å²) < 4.78 is 0. The number of para-hydroxylation sites is 1. The van der Waals surface area contributed by atoms with Crippen LogP contribution in [-0.4, -0.2) is 17.6 Å². The number of aryl methyl sites for hydroxylation is 1. The van der Waals surface area contributed by atoms with Crippen molar-refractivity contribution in [1.29, 1.82) is 0 Å². The quantitative estimate of drug-likeness (QED) is 0.893. The molecule has 3 nitrogen and oxygen atoms in total. The zero-order chi connectivity index (χ0) is 16.8. The molecule has 0 aliphatic carbocycles. The van der Waals surface area contributed by atoms with E-state index in [1.165, 1.54) is 5.56 Å². The van der Waals surface area contributed by atoms with Crippen molar-refractivity contribution in [3.8, 4) is 16.9 Å². The number of nitrogens with zero attached hydrogens (tertiary/aromatic N) is 1. The van der Waals surface area contributed by atoms with E-state index in [9.17, 15) is 9.90 Å². The molecule has 0 unspecified atom stereocenters. The molecule has 3 heteroatoms. The largest absolute Gasteiger partial charge is 0.507 e. The van der Waals surface area contributed by atoms with E-state index in [1.54, 1.807) is 6.07 Å². The van der Waals surface area contributed by atoms with Gasteiger partial charge in [0.25, 0.3) is 0 Å². The van der Waals surface area contributed by atoms with E-state index in [2.05, 4.69) is 32.9 Å². The minimum atomic E-state index is -0.167. The van der Waals surface area contributed by atoms with Crippen LogP contribution in [0.15, 0.2) is 36.4 Å². The molecule has 1 aliphatic heterocycles. The van der Waals surface area contributed by atoms with Gasteiger partial charge in [-0.1, -0.05) is 38.1 Å². The summed E-state index contributed by atoms with van der Waals surface area (Å²) in [5, 5.41) is 10.2. The van der Waals surface area contributed by atoms with Crippen LogP contribution in [0.2, 0.25) is 0 Å². The summed E-state index contributed by atoms with van der Waals surface area (Å²) in [5.41, 5.74) is 4.91. The van der Waals surface area contributed by atoms with E-state index in [0.29, 0.717) is 13.0 Å². The molecule has 0 saturated carbocycles. The fourth-order valence-corrected chi connectivity index (χ4v) is 3.50. The standard InChI is InChI=1S/C20H23NO2/c1-5-21-17-11-15(14-8-6-7-9-18(14)22)13(2)10-16(17)20(3,4)12-19(21)23/h6-11,22H,5,12H2,1-4H3. The maximum absolute atomic E-state index is 12.5. The van der Waals surface area contributed by atoms with Gasteiger partial charge in [-0.3, -0.25) is 4.79 Å². The Kier molecular flexibility index (Phi) is 3.67. The molecule has 0 atom stereocenters. The van der Waals surface area contributed by atoms with Crippen LogP contribution in [0.3, 0.4) is 0 Å². The maximum atomic E-state index is 12.5. The first-order valence-electron chi connectivity index (χ1n) is 8.09. The molecule has 1 amide bonds. The van der Waals surface area contributed by atoms with Crippen LogP contribution in [0.25, 0.3) is 11.1 Å². The topological polar surface area (TPSA) is 40.5 Å². The van der Waals surface area contributed by atoms with Gasteiger partial charge in [-0.25, -0.2) is 0 Å². The molecule has 0 saturated heterocycles. The van der Waals surface area contributed by atoms with E-state index in [1.807, 2.05) is 30.0 Å². The lowest BCUT2D eigenvalue weighted by molar-refractivity contribution is -0.120. The monoisotopic (exact) mass is 309 g/mol.